The van der Waals surface area contributed by atoms with Crippen molar-refractivity contribution >= 4 is 23.1 Å². The summed E-state index contributed by atoms with van der Waals surface area (Å²) >= 11 is 0. The zero-order chi connectivity index (χ0) is 14.0. The number of nitrogens with one attached hydrogen (secondary N) is 1. The first-order chi connectivity index (χ1) is 8.99. The number of carbonyl (C=O) groups is 1. The topological polar surface area (TPSA) is 137 Å². The number of nitro groups is 1. The maximum Gasteiger partial charge on any atom is 0.281 e. The maximum absolute atomic E-state index is 11.7. The molecule has 19 heavy (non-hydrogen) atoms. The molecule has 0 spiro atoms. The Morgan fingerprint density at radius 2 is 2.21 bits per heavy atom. The lowest BCUT2D eigenvalue weighted by Crippen LogP contribution is -2.14. The number of nitrogens with zero attached hydrogens (tertiary/aromatic N) is 3. The van der Waals surface area contributed by atoms with Gasteiger partial charge in [0.1, 0.15) is 0 Å². The number of nitrogens with two attached hydrogens (primary N) is 1. The first-order valence-corrected chi connectivity index (χ1v) is 5.13. The Labute approximate surface area is 106 Å². The van der Waals surface area contributed by atoms with Crippen molar-refractivity contribution in [2.45, 2.75) is 6.92 Å². The molecule has 0 saturated carbocycles. The van der Waals surface area contributed by atoms with Gasteiger partial charge < -0.3 is 11.1 Å². The van der Waals surface area contributed by atoms with E-state index in [2.05, 4.69) is 20.3 Å². The summed E-state index contributed by atoms with van der Waals surface area (Å²) in [5.74, 6) is -0.733. The molecule has 1 heterocycles. The molecular weight excluding hydrogens is 254 g/mol. The standard InChI is InChI=1S/C10H9N5O4/c1-5-4-6(2-3-7(5)15(17)18)12-10(16)8-9(11)14-19-13-8/h2-4H,1H3,(H2,11,14)(H,12,16). The van der Waals surface area contributed by atoms with Crippen molar-refractivity contribution in [1.82, 2.24) is 10.3 Å². The second kappa shape index (κ2) is 4.72. The first kappa shape index (κ1) is 12.5. The second-order valence-electron chi connectivity index (χ2n) is 3.71. The average Bonchev–Trinajstić information content (AvgIpc) is 2.75. The quantitative estimate of drug-likeness (QED) is 0.625. The van der Waals surface area contributed by atoms with Gasteiger partial charge in [-0.15, -0.1) is 0 Å². The van der Waals surface area contributed by atoms with Crippen molar-refractivity contribution in [1.29, 1.82) is 0 Å². The molecule has 0 fully saturated rings. The van der Waals surface area contributed by atoms with E-state index in [9.17, 15) is 14.9 Å². The number of aryl methyl sites for hydroxylation is 1. The molecular formula is C10H9N5O4. The zero-order valence-electron chi connectivity index (χ0n) is 9.78. The number of hydrogen-bond donors (Lipinski definition) is 2. The lowest BCUT2D eigenvalue weighted by atomic mass is 10.2. The molecule has 0 aliphatic heterocycles. The summed E-state index contributed by atoms with van der Waals surface area (Å²) in [5, 5.41) is 19.8. The number of rotatable bonds is 3. The number of carbonyl (C=O) groups excluding carboxylic acids is 1. The van der Waals surface area contributed by atoms with Crippen molar-refractivity contribution in [2.24, 2.45) is 0 Å². The summed E-state index contributed by atoms with van der Waals surface area (Å²) in [6.07, 6.45) is 0. The molecule has 2 rings (SSSR count). The molecule has 3 N–H and O–H groups in total. The van der Waals surface area contributed by atoms with Crippen LogP contribution in [0.4, 0.5) is 17.2 Å². The average molecular weight is 263 g/mol. The molecule has 0 radical (unpaired) electrons. The third-order valence-corrected chi connectivity index (χ3v) is 2.38. The van der Waals surface area contributed by atoms with Gasteiger partial charge in [-0.05, 0) is 29.4 Å². The van der Waals surface area contributed by atoms with E-state index in [1.54, 1.807) is 6.92 Å². The SMILES string of the molecule is Cc1cc(NC(=O)c2nonc2N)ccc1[N+](=O)[O-]. The highest BCUT2D eigenvalue weighted by Gasteiger charge is 2.17. The van der Waals surface area contributed by atoms with Crippen molar-refractivity contribution in [3.63, 3.8) is 0 Å². The lowest BCUT2D eigenvalue weighted by molar-refractivity contribution is -0.385. The Kier molecular flexibility index (Phi) is 3.10. The Balaban J connectivity index is 2.21. The Morgan fingerprint density at radius 3 is 2.74 bits per heavy atom. The Morgan fingerprint density at radius 1 is 1.47 bits per heavy atom. The Bertz CT molecular complexity index is 651. The first-order valence-electron chi connectivity index (χ1n) is 5.13. The van der Waals surface area contributed by atoms with E-state index in [1.807, 2.05) is 0 Å². The van der Waals surface area contributed by atoms with Gasteiger partial charge in [0.05, 0.1) is 4.92 Å². The minimum Gasteiger partial charge on any atom is -0.379 e. The number of amides is 1. The highest BCUT2D eigenvalue weighted by atomic mass is 16.6. The summed E-state index contributed by atoms with van der Waals surface area (Å²) in [5.41, 5.74) is 6.01. The molecule has 98 valence electrons. The molecule has 1 aromatic carbocycles. The fourth-order valence-electron chi connectivity index (χ4n) is 1.48. The largest absolute Gasteiger partial charge is 0.379 e. The van der Waals surface area contributed by atoms with Crippen LogP contribution in [0.3, 0.4) is 0 Å². The number of anilines is 2. The van der Waals surface area contributed by atoms with Crippen LogP contribution in [0.5, 0.6) is 0 Å². The molecule has 9 nitrogen and oxygen atoms in total. The number of nitrogen functional groups attached to an aromatic ring is 1. The highest BCUT2D eigenvalue weighted by Crippen LogP contribution is 2.22. The zero-order valence-corrected chi connectivity index (χ0v) is 9.78. The number of aromatic nitrogens is 2. The van der Waals surface area contributed by atoms with Gasteiger partial charge in [0.25, 0.3) is 11.6 Å². The van der Waals surface area contributed by atoms with Crippen LogP contribution in [-0.4, -0.2) is 21.1 Å². The van der Waals surface area contributed by atoms with Crippen LogP contribution in [-0.2, 0) is 0 Å². The van der Waals surface area contributed by atoms with E-state index in [4.69, 9.17) is 5.73 Å². The molecule has 0 aliphatic rings. The van der Waals surface area contributed by atoms with Gasteiger partial charge in [-0.25, -0.2) is 4.63 Å². The van der Waals surface area contributed by atoms with Gasteiger partial charge in [0.15, 0.2) is 0 Å². The predicted octanol–water partition coefficient (Wildman–Crippen LogP) is 1.12. The van der Waals surface area contributed by atoms with E-state index < -0.39 is 10.8 Å². The van der Waals surface area contributed by atoms with Crippen molar-refractivity contribution < 1.29 is 14.3 Å². The molecule has 0 unspecified atom stereocenters. The van der Waals surface area contributed by atoms with Crippen LogP contribution >= 0.6 is 0 Å². The third-order valence-electron chi connectivity index (χ3n) is 2.38. The van der Waals surface area contributed by atoms with Crippen molar-refractivity contribution in [3.8, 4) is 0 Å². The van der Waals surface area contributed by atoms with E-state index in [-0.39, 0.29) is 17.2 Å². The van der Waals surface area contributed by atoms with Gasteiger partial charge in [-0.2, -0.15) is 0 Å². The number of benzene rings is 1. The summed E-state index contributed by atoms with van der Waals surface area (Å²) in [7, 11) is 0. The minimum atomic E-state index is -0.605. The van der Waals surface area contributed by atoms with Gasteiger partial charge >= 0.3 is 0 Å². The molecule has 0 atom stereocenters. The van der Waals surface area contributed by atoms with Crippen LogP contribution in [0.15, 0.2) is 22.8 Å². The predicted molar refractivity (Wildman–Crippen MR) is 64.5 cm³/mol. The van der Waals surface area contributed by atoms with Crippen LogP contribution in [0.25, 0.3) is 0 Å². The molecule has 1 amide bonds. The molecule has 0 saturated heterocycles. The van der Waals surface area contributed by atoms with Gasteiger partial charge in [-0.3, -0.25) is 14.9 Å². The molecule has 1 aromatic heterocycles. The van der Waals surface area contributed by atoms with E-state index in [1.165, 1.54) is 18.2 Å². The molecule has 0 aliphatic carbocycles. The number of nitro benzene ring substituents is 1. The van der Waals surface area contributed by atoms with Crippen LogP contribution in [0.1, 0.15) is 16.1 Å². The fraction of sp³-hybridized carbons (Fsp3) is 0.100. The summed E-state index contributed by atoms with van der Waals surface area (Å²) in [6.45, 7) is 1.57. The van der Waals surface area contributed by atoms with E-state index in [0.717, 1.165) is 0 Å². The van der Waals surface area contributed by atoms with Crippen LogP contribution in [0, 0.1) is 17.0 Å². The summed E-state index contributed by atoms with van der Waals surface area (Å²) < 4.78 is 4.30. The lowest BCUT2D eigenvalue weighted by Gasteiger charge is -2.04. The van der Waals surface area contributed by atoms with Crippen LogP contribution in [0.2, 0.25) is 0 Å². The molecule has 9 heteroatoms. The van der Waals surface area contributed by atoms with Crippen molar-refractivity contribution in [3.05, 3.63) is 39.6 Å². The fourth-order valence-corrected chi connectivity index (χ4v) is 1.48. The van der Waals surface area contributed by atoms with E-state index in [0.29, 0.717) is 11.3 Å². The van der Waals surface area contributed by atoms with E-state index >= 15 is 0 Å². The monoisotopic (exact) mass is 263 g/mol. The summed E-state index contributed by atoms with van der Waals surface area (Å²) in [4.78, 5) is 21.9. The normalized spacial score (nSPS) is 10.2. The summed E-state index contributed by atoms with van der Waals surface area (Å²) in [6, 6.07) is 4.18. The minimum absolute atomic E-state index is 0.0272. The third kappa shape index (κ3) is 2.49. The smallest absolute Gasteiger partial charge is 0.281 e. The second-order valence-corrected chi connectivity index (χ2v) is 3.71. The highest BCUT2D eigenvalue weighted by molar-refractivity contribution is 6.05. The number of hydrogen-bond acceptors (Lipinski definition) is 7. The van der Waals surface area contributed by atoms with Gasteiger partial charge in [0, 0.05) is 17.3 Å². The van der Waals surface area contributed by atoms with Gasteiger partial charge in [-0.1, -0.05) is 0 Å². The van der Waals surface area contributed by atoms with Crippen LogP contribution < -0.4 is 11.1 Å². The Hall–Kier alpha value is -2.97. The van der Waals surface area contributed by atoms with Crippen molar-refractivity contribution in [2.75, 3.05) is 11.1 Å². The van der Waals surface area contributed by atoms with Gasteiger partial charge in [0.2, 0.25) is 11.5 Å². The molecule has 0 bridgehead atoms. The maximum atomic E-state index is 11.7. The molecule has 2 aromatic rings.